The quantitative estimate of drug-likeness (QED) is 0.303. The highest BCUT2D eigenvalue weighted by Gasteiger charge is 2.64. The topological polar surface area (TPSA) is 158 Å². The number of aromatic hydroxyl groups is 1. The van der Waals surface area contributed by atoms with Crippen LogP contribution in [0.3, 0.4) is 0 Å². The fourth-order valence-electron chi connectivity index (χ4n) is 6.44. The molecule has 0 unspecified atom stereocenters. The molecule has 0 aliphatic heterocycles. The Balaban J connectivity index is 1.64. The summed E-state index contributed by atoms with van der Waals surface area (Å²) in [4.78, 5) is 39.2. The molecule has 8 nitrogen and oxygen atoms in total. The number of primary amides is 1. The van der Waals surface area contributed by atoms with Crippen molar-refractivity contribution in [1.29, 1.82) is 0 Å². The molecule has 2 aromatic rings. The average molecular weight is 528 g/mol. The van der Waals surface area contributed by atoms with Gasteiger partial charge in [0.05, 0.1) is 5.56 Å². The van der Waals surface area contributed by atoms with Crippen LogP contribution in [0.1, 0.15) is 42.5 Å². The predicted molar refractivity (Wildman–Crippen MR) is 142 cm³/mol. The Morgan fingerprint density at radius 2 is 1.79 bits per heavy atom. The largest absolute Gasteiger partial charge is 0.508 e. The van der Waals surface area contributed by atoms with Crippen LogP contribution < -0.4 is 5.73 Å². The number of ketones is 2. The number of carbonyl (C=O) groups is 3. The molecule has 1 amide bonds. The number of aliphatic hydroxyl groups excluding tert-OH is 2. The highest BCUT2D eigenvalue weighted by atomic mass is 16.3. The van der Waals surface area contributed by atoms with Gasteiger partial charge in [-0.3, -0.25) is 14.4 Å². The number of benzene rings is 2. The lowest BCUT2D eigenvalue weighted by molar-refractivity contribution is -0.155. The van der Waals surface area contributed by atoms with Gasteiger partial charge in [-0.25, -0.2) is 0 Å². The van der Waals surface area contributed by atoms with E-state index in [9.17, 15) is 34.8 Å². The van der Waals surface area contributed by atoms with Crippen LogP contribution >= 0.6 is 0 Å². The van der Waals surface area contributed by atoms with Crippen molar-refractivity contribution in [3.05, 3.63) is 81.6 Å². The zero-order valence-electron chi connectivity index (χ0n) is 21.6. The molecule has 5 rings (SSSR count). The minimum atomic E-state index is -2.62. The highest BCUT2D eigenvalue weighted by Crippen LogP contribution is 2.54. The maximum Gasteiger partial charge on any atom is 0.255 e. The van der Waals surface area contributed by atoms with Crippen LogP contribution in [0.5, 0.6) is 5.75 Å². The molecule has 6 N–H and O–H groups in total. The molecular formula is C31H29NO7. The standard InChI is InChI=1S/C31H29NO7/c1-15(2)22-20-14-18-13-19-17(10-6-9-16-7-4-3-5-8-16)11-12-21(33)24(19)27(35)23(18)28(36)31(20,39)29(37)25(26(22)34)30(32)38/h3-5,7-8,11-12,15,18,20,22,33,35,37,39H,9,13-14H2,1-2H3,(H2,32,38)/t18-,20-,22-,31-/m0/s1. The number of phenols is 1. The lowest BCUT2D eigenvalue weighted by Gasteiger charge is -2.50. The average Bonchev–Trinajstić information content (AvgIpc) is 2.87. The van der Waals surface area contributed by atoms with Crippen LogP contribution in [0.4, 0.5) is 0 Å². The summed E-state index contributed by atoms with van der Waals surface area (Å²) in [5.41, 5.74) is 3.99. The van der Waals surface area contributed by atoms with Gasteiger partial charge in [0, 0.05) is 29.4 Å². The maximum absolute atomic E-state index is 13.9. The van der Waals surface area contributed by atoms with E-state index in [2.05, 4.69) is 11.8 Å². The summed E-state index contributed by atoms with van der Waals surface area (Å²) in [6, 6.07) is 12.7. The summed E-state index contributed by atoms with van der Waals surface area (Å²) in [7, 11) is 0. The number of carbonyl (C=O) groups excluding carboxylic acids is 3. The zero-order valence-corrected chi connectivity index (χ0v) is 21.6. The Bertz CT molecular complexity index is 1540. The van der Waals surface area contributed by atoms with Crippen molar-refractivity contribution in [3.8, 4) is 17.6 Å². The molecule has 3 aliphatic rings. The summed E-state index contributed by atoms with van der Waals surface area (Å²) in [6.07, 6.45) is 0.772. The van der Waals surface area contributed by atoms with Crippen molar-refractivity contribution in [2.75, 3.05) is 0 Å². The number of hydrogen-bond acceptors (Lipinski definition) is 7. The first-order valence-electron chi connectivity index (χ1n) is 12.8. The van der Waals surface area contributed by atoms with Gasteiger partial charge in [0.2, 0.25) is 5.78 Å². The smallest absolute Gasteiger partial charge is 0.255 e. The molecule has 4 atom stereocenters. The molecule has 1 fully saturated rings. The normalized spacial score (nSPS) is 26.0. The second kappa shape index (κ2) is 9.44. The Morgan fingerprint density at radius 1 is 1.10 bits per heavy atom. The molecule has 8 heteroatoms. The van der Waals surface area contributed by atoms with E-state index in [4.69, 9.17) is 5.73 Å². The third-order valence-corrected chi connectivity index (χ3v) is 8.21. The first-order chi connectivity index (χ1) is 18.5. The van der Waals surface area contributed by atoms with Crippen LogP contribution in [-0.2, 0) is 27.2 Å². The highest BCUT2D eigenvalue weighted by molar-refractivity contribution is 6.23. The second-order valence-electron chi connectivity index (χ2n) is 10.8. The summed E-state index contributed by atoms with van der Waals surface area (Å²) in [6.45, 7) is 3.46. The SMILES string of the molecule is CC(C)[C@@H]1C(=O)C(C(N)=O)=C(O)[C@@]2(O)C(=O)C3=C(O)c4c(O)ccc(C#CCc5ccccc5)c4C[C@H]3C[C@@H]12. The second-order valence-corrected chi connectivity index (χ2v) is 10.8. The van der Waals surface area contributed by atoms with Gasteiger partial charge in [-0.2, -0.15) is 0 Å². The van der Waals surface area contributed by atoms with Gasteiger partial charge >= 0.3 is 0 Å². The molecule has 39 heavy (non-hydrogen) atoms. The van der Waals surface area contributed by atoms with E-state index in [-0.39, 0.29) is 35.6 Å². The van der Waals surface area contributed by atoms with Gasteiger partial charge in [0.25, 0.3) is 5.91 Å². The van der Waals surface area contributed by atoms with Gasteiger partial charge in [-0.15, -0.1) is 0 Å². The van der Waals surface area contributed by atoms with E-state index >= 15 is 0 Å². The van der Waals surface area contributed by atoms with Crippen molar-refractivity contribution in [2.45, 2.75) is 38.7 Å². The molecule has 0 aromatic heterocycles. The maximum atomic E-state index is 13.9. The minimum Gasteiger partial charge on any atom is -0.508 e. The molecule has 1 saturated carbocycles. The number of fused-ring (bicyclic) bond motifs is 3. The van der Waals surface area contributed by atoms with Crippen LogP contribution in [0.25, 0.3) is 5.76 Å². The van der Waals surface area contributed by atoms with Gasteiger partial charge in [0.1, 0.15) is 22.8 Å². The van der Waals surface area contributed by atoms with Crippen LogP contribution in [0, 0.1) is 35.5 Å². The summed E-state index contributed by atoms with van der Waals surface area (Å²) in [5, 5.41) is 44.6. The molecular weight excluding hydrogens is 498 g/mol. The molecule has 0 radical (unpaired) electrons. The van der Waals surface area contributed by atoms with Crippen molar-refractivity contribution in [1.82, 2.24) is 0 Å². The number of nitrogens with two attached hydrogens (primary N) is 1. The van der Waals surface area contributed by atoms with Crippen LogP contribution in [0.2, 0.25) is 0 Å². The van der Waals surface area contributed by atoms with E-state index in [1.807, 2.05) is 30.3 Å². The van der Waals surface area contributed by atoms with Crippen molar-refractivity contribution >= 4 is 23.2 Å². The Morgan fingerprint density at radius 3 is 2.44 bits per heavy atom. The molecule has 0 bridgehead atoms. The van der Waals surface area contributed by atoms with Gasteiger partial charge in [-0.1, -0.05) is 56.0 Å². The molecule has 3 aliphatic carbocycles. The Hall–Kier alpha value is -4.35. The number of Topliss-reactive ketones (excluding diaryl/α,β-unsaturated/α-hetero) is 2. The number of aliphatic hydroxyl groups is 3. The van der Waals surface area contributed by atoms with Gasteiger partial charge in [0.15, 0.2) is 11.4 Å². The summed E-state index contributed by atoms with van der Waals surface area (Å²) < 4.78 is 0. The lowest BCUT2D eigenvalue weighted by Crippen LogP contribution is -2.62. The van der Waals surface area contributed by atoms with E-state index < -0.39 is 57.9 Å². The van der Waals surface area contributed by atoms with Crippen molar-refractivity contribution < 1.29 is 34.8 Å². The zero-order chi connectivity index (χ0) is 28.2. The van der Waals surface area contributed by atoms with Gasteiger partial charge < -0.3 is 26.2 Å². The third kappa shape index (κ3) is 3.93. The Labute approximate surface area is 225 Å². The monoisotopic (exact) mass is 527 g/mol. The first kappa shape index (κ1) is 26.3. The molecule has 2 aromatic carbocycles. The Kier molecular flexibility index (Phi) is 6.36. The van der Waals surface area contributed by atoms with E-state index in [1.165, 1.54) is 6.07 Å². The lowest BCUT2D eigenvalue weighted by atomic mass is 9.54. The fourth-order valence-corrected chi connectivity index (χ4v) is 6.44. The number of amides is 1. The summed E-state index contributed by atoms with van der Waals surface area (Å²) in [5.74, 6) is -1.61. The number of hydrogen-bond donors (Lipinski definition) is 5. The molecule has 0 saturated heterocycles. The van der Waals surface area contributed by atoms with Crippen molar-refractivity contribution in [2.24, 2.45) is 29.4 Å². The van der Waals surface area contributed by atoms with Crippen LogP contribution in [0.15, 0.2) is 59.4 Å². The number of phenolic OH excluding ortho intramolecular Hbond substituents is 1. The molecule has 0 spiro atoms. The predicted octanol–water partition coefficient (Wildman–Crippen LogP) is 2.90. The molecule has 0 heterocycles. The van der Waals surface area contributed by atoms with Crippen LogP contribution in [-0.4, -0.2) is 43.5 Å². The van der Waals surface area contributed by atoms with E-state index in [1.54, 1.807) is 19.9 Å². The van der Waals surface area contributed by atoms with E-state index in [0.29, 0.717) is 17.5 Å². The van der Waals surface area contributed by atoms with E-state index in [0.717, 1.165) is 5.56 Å². The molecule has 200 valence electrons. The third-order valence-electron chi connectivity index (χ3n) is 8.21. The first-order valence-corrected chi connectivity index (χ1v) is 12.8. The fraction of sp³-hybridized carbons (Fsp3) is 0.323. The van der Waals surface area contributed by atoms with Crippen molar-refractivity contribution in [3.63, 3.8) is 0 Å². The minimum absolute atomic E-state index is 0.0362. The van der Waals surface area contributed by atoms with Gasteiger partial charge in [-0.05, 0) is 47.9 Å². The summed E-state index contributed by atoms with van der Waals surface area (Å²) >= 11 is 0. The number of rotatable bonds is 3.